The molecule has 6 heteroatoms. The van der Waals surface area contributed by atoms with Gasteiger partial charge in [-0.15, -0.1) is 0 Å². The Balaban J connectivity index is 1.84. The molecule has 0 bridgehead atoms. The molecule has 0 saturated carbocycles. The monoisotopic (exact) mass is 274 g/mol. The van der Waals surface area contributed by atoms with Crippen molar-refractivity contribution in [3.05, 3.63) is 30.3 Å². The summed E-state index contributed by atoms with van der Waals surface area (Å²) >= 11 is 1.31. The largest absolute Gasteiger partial charge is 0.330 e. The van der Waals surface area contributed by atoms with Gasteiger partial charge in [0, 0.05) is 18.5 Å². The molecule has 0 radical (unpaired) electrons. The zero-order valence-corrected chi connectivity index (χ0v) is 11.1. The van der Waals surface area contributed by atoms with Crippen LogP contribution in [0.1, 0.15) is 6.42 Å². The fourth-order valence-electron chi connectivity index (χ4n) is 2.16. The quantitative estimate of drug-likeness (QED) is 0.921. The third-order valence-electron chi connectivity index (χ3n) is 3.22. The predicted molar refractivity (Wildman–Crippen MR) is 74.9 cm³/mol. The molecule has 2 aromatic rings. The third-order valence-corrected chi connectivity index (χ3v) is 3.97. The van der Waals surface area contributed by atoms with Crippen molar-refractivity contribution >= 4 is 23.4 Å². The van der Waals surface area contributed by atoms with Crippen molar-refractivity contribution in [2.45, 2.75) is 6.42 Å². The lowest BCUT2D eigenvalue weighted by atomic mass is 10.1. The molecule has 1 unspecified atom stereocenters. The van der Waals surface area contributed by atoms with E-state index in [1.165, 1.54) is 11.5 Å². The summed E-state index contributed by atoms with van der Waals surface area (Å²) in [4.78, 5) is 18.0. The summed E-state index contributed by atoms with van der Waals surface area (Å²) in [6.45, 7) is 1.15. The van der Waals surface area contributed by atoms with Gasteiger partial charge in [-0.1, -0.05) is 30.3 Å². The molecule has 19 heavy (non-hydrogen) atoms. The zero-order valence-electron chi connectivity index (χ0n) is 10.3. The highest BCUT2D eigenvalue weighted by atomic mass is 32.1. The first-order chi connectivity index (χ1) is 9.28. The minimum absolute atomic E-state index is 0.0628. The van der Waals surface area contributed by atoms with Crippen molar-refractivity contribution in [2.75, 3.05) is 18.0 Å². The van der Waals surface area contributed by atoms with E-state index in [1.807, 2.05) is 30.3 Å². The van der Waals surface area contributed by atoms with Crippen LogP contribution < -0.4 is 10.6 Å². The van der Waals surface area contributed by atoms with E-state index >= 15 is 0 Å². The number of benzene rings is 1. The summed E-state index contributed by atoms with van der Waals surface area (Å²) in [5.74, 6) is 0.786. The molecule has 1 fully saturated rings. The smallest absolute Gasteiger partial charge is 0.244 e. The Kier molecular flexibility index (Phi) is 3.27. The van der Waals surface area contributed by atoms with Crippen LogP contribution in [-0.2, 0) is 4.79 Å². The lowest BCUT2D eigenvalue weighted by molar-refractivity contribution is -0.117. The molecule has 0 spiro atoms. The molecule has 5 nitrogen and oxygen atoms in total. The number of rotatable bonds is 3. The van der Waals surface area contributed by atoms with E-state index in [9.17, 15) is 4.79 Å². The maximum atomic E-state index is 11.9. The van der Waals surface area contributed by atoms with Gasteiger partial charge in [-0.2, -0.15) is 9.36 Å². The average molecular weight is 274 g/mol. The summed E-state index contributed by atoms with van der Waals surface area (Å²) < 4.78 is 4.29. The first kappa shape index (κ1) is 12.3. The fraction of sp³-hybridized carbons (Fsp3) is 0.308. The second-order valence-corrected chi connectivity index (χ2v) is 5.33. The molecule has 3 rings (SSSR count). The van der Waals surface area contributed by atoms with Crippen LogP contribution in [0, 0.1) is 5.92 Å². The van der Waals surface area contributed by atoms with E-state index in [-0.39, 0.29) is 11.8 Å². The summed E-state index contributed by atoms with van der Waals surface area (Å²) in [6.07, 6.45) is 0.496. The highest BCUT2D eigenvalue weighted by molar-refractivity contribution is 7.09. The number of amides is 1. The standard InChI is InChI=1S/C13H14N4OS/c14-7-9-6-11(18)17(8-9)13-15-12(19-16-13)10-4-2-1-3-5-10/h1-5,9H,6-8,14H2. The molecular formula is C13H14N4OS. The maximum Gasteiger partial charge on any atom is 0.244 e. The molecule has 98 valence electrons. The first-order valence-electron chi connectivity index (χ1n) is 6.17. The van der Waals surface area contributed by atoms with Crippen LogP contribution in [0.4, 0.5) is 5.95 Å². The van der Waals surface area contributed by atoms with Gasteiger partial charge < -0.3 is 5.73 Å². The van der Waals surface area contributed by atoms with E-state index in [0.29, 0.717) is 25.5 Å². The van der Waals surface area contributed by atoms with Crippen LogP contribution in [0.25, 0.3) is 10.6 Å². The van der Waals surface area contributed by atoms with Gasteiger partial charge in [0.05, 0.1) is 0 Å². The Hall–Kier alpha value is -1.79. The van der Waals surface area contributed by atoms with Gasteiger partial charge in [0.15, 0.2) is 0 Å². The average Bonchev–Trinajstić information content (AvgIpc) is 3.06. The number of aromatic nitrogens is 2. The number of nitrogens with zero attached hydrogens (tertiary/aromatic N) is 3. The van der Waals surface area contributed by atoms with E-state index in [0.717, 1.165) is 10.6 Å². The van der Waals surface area contributed by atoms with Crippen molar-refractivity contribution in [3.63, 3.8) is 0 Å². The van der Waals surface area contributed by atoms with Crippen molar-refractivity contribution in [2.24, 2.45) is 11.7 Å². The number of carbonyl (C=O) groups is 1. The van der Waals surface area contributed by atoms with Crippen LogP contribution >= 0.6 is 11.5 Å². The topological polar surface area (TPSA) is 72.1 Å². The van der Waals surface area contributed by atoms with Crippen LogP contribution in [0.3, 0.4) is 0 Å². The number of hydrogen-bond acceptors (Lipinski definition) is 5. The van der Waals surface area contributed by atoms with Crippen molar-refractivity contribution in [1.29, 1.82) is 0 Å². The molecule has 0 aliphatic carbocycles. The second-order valence-electron chi connectivity index (χ2n) is 4.58. The second kappa shape index (κ2) is 5.07. The van der Waals surface area contributed by atoms with E-state index in [2.05, 4.69) is 9.36 Å². The van der Waals surface area contributed by atoms with E-state index in [4.69, 9.17) is 5.73 Å². The van der Waals surface area contributed by atoms with Gasteiger partial charge in [0.1, 0.15) is 5.01 Å². The molecule has 1 aromatic carbocycles. The summed E-state index contributed by atoms with van der Waals surface area (Å²) in [5, 5.41) is 0.833. The number of nitrogens with two attached hydrogens (primary N) is 1. The third kappa shape index (κ3) is 2.36. The van der Waals surface area contributed by atoms with Gasteiger partial charge in [0.2, 0.25) is 11.9 Å². The highest BCUT2D eigenvalue weighted by Gasteiger charge is 2.32. The minimum atomic E-state index is 0.0628. The van der Waals surface area contributed by atoms with Crippen molar-refractivity contribution < 1.29 is 4.79 Å². The normalized spacial score (nSPS) is 19.1. The molecule has 2 N–H and O–H groups in total. The number of hydrogen-bond donors (Lipinski definition) is 1. The summed E-state index contributed by atoms with van der Waals surface area (Å²) in [7, 11) is 0. The van der Waals surface area contributed by atoms with Gasteiger partial charge in [0.25, 0.3) is 0 Å². The molecular weight excluding hydrogens is 260 g/mol. The van der Waals surface area contributed by atoms with Crippen LogP contribution in [-0.4, -0.2) is 28.4 Å². The van der Waals surface area contributed by atoms with E-state index in [1.54, 1.807) is 4.90 Å². The lowest BCUT2D eigenvalue weighted by Gasteiger charge is -2.10. The van der Waals surface area contributed by atoms with Crippen molar-refractivity contribution in [3.8, 4) is 10.6 Å². The highest BCUT2D eigenvalue weighted by Crippen LogP contribution is 2.27. The molecule has 1 atom stereocenters. The van der Waals surface area contributed by atoms with Gasteiger partial charge in [-0.25, -0.2) is 0 Å². The van der Waals surface area contributed by atoms with Crippen molar-refractivity contribution in [1.82, 2.24) is 9.36 Å². The molecule has 1 aliphatic rings. The van der Waals surface area contributed by atoms with Crippen LogP contribution in [0.15, 0.2) is 30.3 Å². The van der Waals surface area contributed by atoms with Crippen LogP contribution in [0.2, 0.25) is 0 Å². The maximum absolute atomic E-state index is 11.9. The molecule has 1 amide bonds. The Morgan fingerprint density at radius 1 is 1.37 bits per heavy atom. The lowest BCUT2D eigenvalue weighted by Crippen LogP contribution is -2.26. The Morgan fingerprint density at radius 3 is 2.84 bits per heavy atom. The Bertz CT molecular complexity index is 583. The van der Waals surface area contributed by atoms with Gasteiger partial charge in [-0.05, 0) is 24.0 Å². The molecule has 2 heterocycles. The SMILES string of the molecule is NCC1CC(=O)N(c2nsc(-c3ccccc3)n2)C1. The first-order valence-corrected chi connectivity index (χ1v) is 6.95. The zero-order chi connectivity index (χ0) is 13.2. The summed E-state index contributed by atoms with van der Waals surface area (Å²) in [5.41, 5.74) is 6.64. The fourth-order valence-corrected chi connectivity index (χ4v) is 2.83. The molecule has 1 saturated heterocycles. The van der Waals surface area contributed by atoms with Crippen LogP contribution in [0.5, 0.6) is 0 Å². The number of anilines is 1. The van der Waals surface area contributed by atoms with Gasteiger partial charge in [-0.3, -0.25) is 9.69 Å². The summed E-state index contributed by atoms with van der Waals surface area (Å²) in [6, 6.07) is 9.85. The Morgan fingerprint density at radius 2 is 2.16 bits per heavy atom. The van der Waals surface area contributed by atoms with Gasteiger partial charge >= 0.3 is 0 Å². The predicted octanol–water partition coefficient (Wildman–Crippen LogP) is 1.52. The Labute approximate surface area is 115 Å². The molecule has 1 aliphatic heterocycles. The number of carbonyl (C=O) groups excluding carboxylic acids is 1. The van der Waals surface area contributed by atoms with E-state index < -0.39 is 0 Å². The molecule has 1 aromatic heterocycles. The minimum Gasteiger partial charge on any atom is -0.330 e.